The second kappa shape index (κ2) is 41.9. The van der Waals surface area contributed by atoms with Gasteiger partial charge in [0.15, 0.2) is 12.6 Å². The molecule has 16 heteroatoms. The fraction of sp³-hybridized carbons (Fsp3) is 0.305. The molecule has 11 aromatic carbocycles. The van der Waals surface area contributed by atoms with E-state index in [1.165, 1.54) is 0 Å². The number of rotatable bonds is 39. The van der Waals surface area contributed by atoms with Crippen LogP contribution in [-0.4, -0.2) is 116 Å². The van der Waals surface area contributed by atoms with Gasteiger partial charge in [0, 0.05) is 0 Å². The lowest BCUT2D eigenvalue weighted by Crippen LogP contribution is -2.70. The lowest BCUT2D eigenvalue weighted by molar-refractivity contribution is -0.381. The average molecular weight is 1500 g/mol. The molecule has 0 bridgehead atoms. The van der Waals surface area contributed by atoms with Crippen LogP contribution >= 0.6 is 0 Å². The third-order valence-corrected chi connectivity index (χ3v) is 20.1. The largest absolute Gasteiger partial charge is 0.387 e. The van der Waals surface area contributed by atoms with Gasteiger partial charge in [-0.2, -0.15) is 0 Å². The second-order valence-corrected chi connectivity index (χ2v) is 28.1. The Morgan fingerprint density at radius 2 is 0.351 bits per heavy atom. The number of aliphatic hydroxyl groups excluding tert-OH is 1. The van der Waals surface area contributed by atoms with Gasteiger partial charge in [0.05, 0.1) is 85.9 Å². The molecule has 3 fully saturated rings. The Balaban J connectivity index is 0.913. The fourth-order valence-corrected chi connectivity index (χ4v) is 14.3. The molecule has 16 nitrogen and oxygen atoms in total. The third kappa shape index (κ3) is 22.8. The summed E-state index contributed by atoms with van der Waals surface area (Å²) in [6, 6.07) is 110. The first-order valence-corrected chi connectivity index (χ1v) is 38.4. The minimum Gasteiger partial charge on any atom is -0.387 e. The molecule has 0 spiro atoms. The third-order valence-electron chi connectivity index (χ3n) is 20.1. The molecule has 3 aliphatic rings. The van der Waals surface area contributed by atoms with Gasteiger partial charge >= 0.3 is 0 Å². The predicted octanol–water partition coefficient (Wildman–Crippen LogP) is 16.3. The van der Waals surface area contributed by atoms with Crippen LogP contribution < -0.4 is 0 Å². The molecule has 0 radical (unpaired) electrons. The van der Waals surface area contributed by atoms with E-state index in [4.69, 9.17) is 71.1 Å². The zero-order chi connectivity index (χ0) is 75.3. The van der Waals surface area contributed by atoms with E-state index in [9.17, 15) is 5.11 Å². The first-order chi connectivity index (χ1) is 55.0. The number of aliphatic hydroxyl groups is 1. The van der Waals surface area contributed by atoms with Gasteiger partial charge < -0.3 is 76.2 Å². The molecule has 111 heavy (non-hydrogen) atoms. The summed E-state index contributed by atoms with van der Waals surface area (Å²) in [6.45, 7) is 1.71. The maximum Gasteiger partial charge on any atom is 0.187 e. The zero-order valence-corrected chi connectivity index (χ0v) is 62.3. The normalized spacial score (nSPS) is 24.6. The maximum atomic E-state index is 14.5. The molecule has 2 unspecified atom stereocenters. The number of hydrogen-bond acceptors (Lipinski definition) is 16. The Bertz CT molecular complexity index is 4090. The van der Waals surface area contributed by atoms with E-state index in [2.05, 4.69) is 0 Å². The van der Waals surface area contributed by atoms with E-state index < -0.39 is 98.0 Å². The summed E-state index contributed by atoms with van der Waals surface area (Å²) < 4.78 is 110. The van der Waals surface area contributed by atoms with E-state index in [1.54, 1.807) is 0 Å². The summed E-state index contributed by atoms with van der Waals surface area (Å²) in [6.07, 6.45) is -18.1. The van der Waals surface area contributed by atoms with Crippen LogP contribution in [-0.2, 0) is 144 Å². The van der Waals surface area contributed by atoms with Crippen molar-refractivity contribution in [3.63, 3.8) is 0 Å². The summed E-state index contributed by atoms with van der Waals surface area (Å²) in [4.78, 5) is 0. The molecule has 0 amide bonds. The van der Waals surface area contributed by atoms with Crippen LogP contribution in [0.15, 0.2) is 334 Å². The van der Waals surface area contributed by atoms with Crippen molar-refractivity contribution < 1.29 is 76.2 Å². The van der Waals surface area contributed by atoms with Crippen molar-refractivity contribution in [2.45, 2.75) is 171 Å². The minimum absolute atomic E-state index is 0.0269. The molecule has 574 valence electrons. The molecule has 2 heterocycles. The van der Waals surface area contributed by atoms with E-state index >= 15 is 0 Å². The summed E-state index contributed by atoms with van der Waals surface area (Å²) in [5, 5.41) is 14.5. The van der Waals surface area contributed by atoms with Crippen LogP contribution in [0.2, 0.25) is 0 Å². The van der Waals surface area contributed by atoms with Crippen molar-refractivity contribution in [3.05, 3.63) is 395 Å². The van der Waals surface area contributed by atoms with Crippen LogP contribution in [0.5, 0.6) is 0 Å². The molecule has 1 saturated carbocycles. The lowest BCUT2D eigenvalue weighted by atomic mass is 9.83. The molecule has 16 atom stereocenters. The Kier molecular flexibility index (Phi) is 29.6. The number of ether oxygens (including phenoxy) is 15. The Hall–Kier alpha value is -9.22. The van der Waals surface area contributed by atoms with Crippen molar-refractivity contribution in [1.29, 1.82) is 0 Å². The first kappa shape index (κ1) is 78.5. The van der Waals surface area contributed by atoms with Gasteiger partial charge in [-0.1, -0.05) is 334 Å². The van der Waals surface area contributed by atoms with Crippen LogP contribution in [0, 0.1) is 0 Å². The molecular formula is C95H98O16. The molecule has 1 aliphatic carbocycles. The molecule has 11 aromatic rings. The SMILES string of the molecule is OC1[C@@H](O[C@H]2O[C@H](COCc3ccccc3)[C@@H](OCc3ccccc3)[C@H](OCc3ccccc3)[C@@H]2OCc2ccccc2)[C@H](OCc2ccccc2)C(OCc2ccccc2)[C@H](OCc2ccccc2)[C@@H]1O[C@@H]1O[C@H](COCc2ccccc2)[C@@H](OCc2ccccc2)[C@H](OCc2ccccc2)[C@@H]1OCc1ccccc1. The van der Waals surface area contributed by atoms with Gasteiger partial charge in [-0.15, -0.1) is 0 Å². The van der Waals surface area contributed by atoms with Gasteiger partial charge in [0.25, 0.3) is 0 Å². The number of hydrogen-bond donors (Lipinski definition) is 1. The van der Waals surface area contributed by atoms with Crippen molar-refractivity contribution in [2.24, 2.45) is 0 Å². The van der Waals surface area contributed by atoms with Crippen LogP contribution in [0.1, 0.15) is 61.2 Å². The van der Waals surface area contributed by atoms with Gasteiger partial charge in [-0.25, -0.2) is 0 Å². The summed E-state index contributed by atoms with van der Waals surface area (Å²) in [5.41, 5.74) is 10.00. The molecule has 0 aromatic heterocycles. The highest BCUT2D eigenvalue weighted by Crippen LogP contribution is 2.41. The fourth-order valence-electron chi connectivity index (χ4n) is 14.3. The average Bonchev–Trinajstić information content (AvgIpc) is 0.750. The van der Waals surface area contributed by atoms with Crippen LogP contribution in [0.25, 0.3) is 0 Å². The van der Waals surface area contributed by atoms with Crippen molar-refractivity contribution in [1.82, 2.24) is 0 Å². The second-order valence-electron chi connectivity index (χ2n) is 28.1. The molecule has 2 aliphatic heterocycles. The standard InChI is InChI=1S/C95H98O16/c96-82-85(110-94-92(106-65-78-52-30-10-31-53-78)87(101-60-73-42-20-5-21-43-73)83(99-58-71-38-16-3-17-39-71)80(108-94)67-97-56-69-34-12-1-13-35-69)89(103-62-75-46-24-7-25-47-75)91(105-64-77-50-28-9-29-51-77)90(104-63-76-48-26-8-27-49-76)86(82)111-95-93(107-66-79-54-32-11-33-55-79)88(102-61-74-44-22-6-23-45-74)84(100-59-72-40-18-4-19-41-72)81(109-95)68-98-57-70-36-14-2-15-37-70/h1-55,80-96H,56-68H2/t80-,81-,82?,83-,84-,85-,86-,87+,88+,89-,90+,91?,92+,93+,94+,95-/m1/s1. The topological polar surface area (TPSA) is 159 Å². The van der Waals surface area contributed by atoms with Crippen LogP contribution in [0.4, 0.5) is 0 Å². The highest BCUT2D eigenvalue weighted by molar-refractivity contribution is 5.23. The van der Waals surface area contributed by atoms with Gasteiger partial charge in [-0.05, 0) is 61.2 Å². The maximum absolute atomic E-state index is 14.5. The van der Waals surface area contributed by atoms with Gasteiger partial charge in [0.1, 0.15) is 85.5 Å². The van der Waals surface area contributed by atoms with Crippen molar-refractivity contribution in [3.8, 4) is 0 Å². The Morgan fingerprint density at radius 3 is 0.559 bits per heavy atom. The Labute approximate surface area is 651 Å². The zero-order valence-electron chi connectivity index (χ0n) is 62.3. The van der Waals surface area contributed by atoms with E-state index in [-0.39, 0.29) is 85.9 Å². The van der Waals surface area contributed by atoms with Crippen molar-refractivity contribution in [2.75, 3.05) is 13.2 Å². The molecular weight excluding hydrogens is 1400 g/mol. The van der Waals surface area contributed by atoms with E-state index in [0.29, 0.717) is 0 Å². The summed E-state index contributed by atoms with van der Waals surface area (Å²) in [7, 11) is 0. The minimum atomic E-state index is -1.67. The van der Waals surface area contributed by atoms with E-state index in [0.717, 1.165) is 61.2 Å². The quantitative estimate of drug-likeness (QED) is 0.0387. The highest BCUT2D eigenvalue weighted by atomic mass is 16.8. The van der Waals surface area contributed by atoms with Gasteiger partial charge in [0.2, 0.25) is 0 Å². The predicted molar refractivity (Wildman–Crippen MR) is 420 cm³/mol. The van der Waals surface area contributed by atoms with Crippen LogP contribution in [0.3, 0.4) is 0 Å². The van der Waals surface area contributed by atoms with E-state index in [1.807, 2.05) is 334 Å². The molecule has 2 saturated heterocycles. The highest BCUT2D eigenvalue weighted by Gasteiger charge is 2.60. The number of benzene rings is 11. The Morgan fingerprint density at radius 1 is 0.189 bits per heavy atom. The first-order valence-electron chi connectivity index (χ1n) is 38.4. The smallest absolute Gasteiger partial charge is 0.187 e. The lowest BCUT2D eigenvalue weighted by Gasteiger charge is -2.53. The molecule has 14 rings (SSSR count). The monoisotopic (exact) mass is 1490 g/mol. The summed E-state index contributed by atoms with van der Waals surface area (Å²) >= 11 is 0. The summed E-state index contributed by atoms with van der Waals surface area (Å²) in [5.74, 6) is 0. The van der Waals surface area contributed by atoms with Gasteiger partial charge in [-0.3, -0.25) is 0 Å². The molecule has 1 N–H and O–H groups in total. The van der Waals surface area contributed by atoms with Crippen molar-refractivity contribution >= 4 is 0 Å².